The van der Waals surface area contributed by atoms with Gasteiger partial charge in [0.15, 0.2) is 0 Å². The van der Waals surface area contributed by atoms with Gasteiger partial charge in [-0.15, -0.1) is 0 Å². The van der Waals surface area contributed by atoms with Gasteiger partial charge >= 0.3 is 0 Å². The van der Waals surface area contributed by atoms with Gasteiger partial charge in [-0.3, -0.25) is 0 Å². The lowest BCUT2D eigenvalue weighted by Gasteiger charge is -2.35. The summed E-state index contributed by atoms with van der Waals surface area (Å²) in [6.07, 6.45) is 2.51. The molecule has 0 spiro atoms. The zero-order chi connectivity index (χ0) is 10.7. The summed E-state index contributed by atoms with van der Waals surface area (Å²) in [6, 6.07) is 0. The minimum atomic E-state index is 0.290. The van der Waals surface area contributed by atoms with Crippen LogP contribution < -0.4 is 5.73 Å². The second-order valence-corrected chi connectivity index (χ2v) is 6.31. The summed E-state index contributed by atoms with van der Waals surface area (Å²) in [5.41, 5.74) is 6.46. The quantitative estimate of drug-likeness (QED) is 0.697. The van der Waals surface area contributed by atoms with E-state index in [1.54, 1.807) is 0 Å². The molecule has 1 heteroatoms. The van der Waals surface area contributed by atoms with Crippen LogP contribution in [0.3, 0.4) is 0 Å². The van der Waals surface area contributed by atoms with Gasteiger partial charge in [0.05, 0.1) is 0 Å². The maximum absolute atomic E-state index is 5.74. The Bertz CT molecular complexity index is 145. The second-order valence-electron chi connectivity index (χ2n) is 6.31. The van der Waals surface area contributed by atoms with Gasteiger partial charge in [0, 0.05) is 0 Å². The third-order valence-corrected chi connectivity index (χ3v) is 2.47. The Morgan fingerprint density at radius 1 is 1.00 bits per heavy atom. The molecule has 0 aliphatic carbocycles. The molecule has 0 radical (unpaired) electrons. The molecule has 0 aliphatic rings. The Balaban J connectivity index is 4.16. The van der Waals surface area contributed by atoms with Gasteiger partial charge in [-0.25, -0.2) is 0 Å². The molecule has 0 saturated heterocycles. The van der Waals surface area contributed by atoms with E-state index in [9.17, 15) is 0 Å². The zero-order valence-corrected chi connectivity index (χ0v) is 10.3. The van der Waals surface area contributed by atoms with Gasteiger partial charge in [-0.05, 0) is 36.1 Å². The summed E-state index contributed by atoms with van der Waals surface area (Å²) in [4.78, 5) is 0. The summed E-state index contributed by atoms with van der Waals surface area (Å²) in [6.45, 7) is 14.6. The monoisotopic (exact) mass is 185 g/mol. The van der Waals surface area contributed by atoms with Crippen molar-refractivity contribution in [1.82, 2.24) is 0 Å². The van der Waals surface area contributed by atoms with E-state index >= 15 is 0 Å². The normalized spacial score (nSPS) is 13.8. The molecule has 0 amide bonds. The van der Waals surface area contributed by atoms with Crippen molar-refractivity contribution >= 4 is 0 Å². The predicted molar refractivity (Wildman–Crippen MR) is 60.7 cm³/mol. The summed E-state index contributed by atoms with van der Waals surface area (Å²) in [5, 5.41) is 0. The fourth-order valence-corrected chi connectivity index (χ4v) is 2.55. The highest BCUT2D eigenvalue weighted by atomic mass is 14.6. The lowest BCUT2D eigenvalue weighted by atomic mass is 9.71. The van der Waals surface area contributed by atoms with E-state index in [1.165, 1.54) is 12.8 Å². The zero-order valence-electron chi connectivity index (χ0n) is 10.3. The van der Waals surface area contributed by atoms with Crippen molar-refractivity contribution in [2.45, 2.75) is 54.4 Å². The fourth-order valence-electron chi connectivity index (χ4n) is 2.55. The Morgan fingerprint density at radius 3 is 1.77 bits per heavy atom. The summed E-state index contributed by atoms with van der Waals surface area (Å²) >= 11 is 0. The van der Waals surface area contributed by atoms with Crippen molar-refractivity contribution in [2.24, 2.45) is 22.5 Å². The largest absolute Gasteiger partial charge is 0.330 e. The molecule has 13 heavy (non-hydrogen) atoms. The highest BCUT2D eigenvalue weighted by Gasteiger charge is 2.28. The van der Waals surface area contributed by atoms with Gasteiger partial charge in [0.2, 0.25) is 0 Å². The van der Waals surface area contributed by atoms with E-state index in [4.69, 9.17) is 5.73 Å². The lowest BCUT2D eigenvalue weighted by Crippen LogP contribution is -2.30. The molecule has 0 bridgehead atoms. The molecule has 0 unspecified atom stereocenters. The summed E-state index contributed by atoms with van der Waals surface area (Å²) in [7, 11) is 0. The summed E-state index contributed by atoms with van der Waals surface area (Å²) in [5.74, 6) is 0.781. The molecular weight excluding hydrogens is 158 g/mol. The van der Waals surface area contributed by atoms with Crippen molar-refractivity contribution in [1.29, 1.82) is 0 Å². The molecule has 0 saturated carbocycles. The van der Waals surface area contributed by atoms with Gasteiger partial charge in [-0.1, -0.05) is 41.5 Å². The van der Waals surface area contributed by atoms with Gasteiger partial charge in [0.1, 0.15) is 0 Å². The minimum absolute atomic E-state index is 0.290. The first-order valence-corrected chi connectivity index (χ1v) is 5.39. The fraction of sp³-hybridized carbons (Fsp3) is 1.00. The molecular formula is C12H27N. The van der Waals surface area contributed by atoms with Crippen molar-refractivity contribution in [3.8, 4) is 0 Å². The highest BCUT2D eigenvalue weighted by molar-refractivity contribution is 4.80. The van der Waals surface area contributed by atoms with E-state index in [-0.39, 0.29) is 0 Å². The Labute approximate surface area is 84.1 Å². The van der Waals surface area contributed by atoms with Gasteiger partial charge in [0.25, 0.3) is 0 Å². The van der Waals surface area contributed by atoms with E-state index in [0.29, 0.717) is 10.8 Å². The van der Waals surface area contributed by atoms with Crippen LogP contribution >= 0.6 is 0 Å². The second kappa shape index (κ2) is 4.45. The maximum Gasteiger partial charge on any atom is -0.00256 e. The minimum Gasteiger partial charge on any atom is -0.330 e. The Morgan fingerprint density at radius 2 is 1.46 bits per heavy atom. The van der Waals surface area contributed by atoms with Crippen molar-refractivity contribution in [2.75, 3.05) is 6.54 Å². The number of hydrogen-bond donors (Lipinski definition) is 1. The van der Waals surface area contributed by atoms with E-state index in [1.807, 2.05) is 0 Å². The first kappa shape index (κ1) is 13.0. The lowest BCUT2D eigenvalue weighted by molar-refractivity contribution is 0.170. The van der Waals surface area contributed by atoms with Crippen LogP contribution in [0.25, 0.3) is 0 Å². The molecule has 0 aromatic heterocycles. The number of nitrogens with two attached hydrogens (primary N) is 1. The average molecular weight is 185 g/mol. The molecule has 0 aromatic carbocycles. The Kier molecular flexibility index (Phi) is 4.44. The summed E-state index contributed by atoms with van der Waals surface area (Å²) < 4.78 is 0. The van der Waals surface area contributed by atoms with Crippen LogP contribution in [-0.2, 0) is 0 Å². The van der Waals surface area contributed by atoms with Crippen LogP contribution in [0.15, 0.2) is 0 Å². The van der Waals surface area contributed by atoms with E-state index in [0.717, 1.165) is 12.5 Å². The smallest absolute Gasteiger partial charge is 0.00256 e. The molecule has 2 N–H and O–H groups in total. The third kappa shape index (κ3) is 6.09. The molecule has 80 valence electrons. The molecule has 0 atom stereocenters. The molecule has 0 aromatic rings. The van der Waals surface area contributed by atoms with Crippen LogP contribution in [0.1, 0.15) is 54.4 Å². The number of hydrogen-bond acceptors (Lipinski definition) is 1. The predicted octanol–water partition coefficient (Wildman–Crippen LogP) is 3.43. The molecule has 0 fully saturated rings. The van der Waals surface area contributed by atoms with Gasteiger partial charge < -0.3 is 5.73 Å². The third-order valence-electron chi connectivity index (χ3n) is 2.47. The highest BCUT2D eigenvalue weighted by Crippen LogP contribution is 2.37. The first-order valence-electron chi connectivity index (χ1n) is 5.39. The molecule has 0 rings (SSSR count). The topological polar surface area (TPSA) is 26.0 Å². The maximum atomic E-state index is 5.74. The van der Waals surface area contributed by atoms with Crippen molar-refractivity contribution < 1.29 is 0 Å². The molecule has 0 aliphatic heterocycles. The van der Waals surface area contributed by atoms with Crippen LogP contribution in [0, 0.1) is 16.7 Å². The van der Waals surface area contributed by atoms with Crippen LogP contribution in [0.2, 0.25) is 0 Å². The van der Waals surface area contributed by atoms with Crippen LogP contribution in [0.5, 0.6) is 0 Å². The van der Waals surface area contributed by atoms with E-state index < -0.39 is 0 Å². The van der Waals surface area contributed by atoms with Gasteiger partial charge in [-0.2, -0.15) is 0 Å². The molecule has 1 nitrogen and oxygen atoms in total. The van der Waals surface area contributed by atoms with Crippen molar-refractivity contribution in [3.63, 3.8) is 0 Å². The average Bonchev–Trinajstić information content (AvgIpc) is 1.81. The SMILES string of the molecule is CC(C)CC(C)(C)CC(C)(C)CN. The molecule has 0 heterocycles. The van der Waals surface area contributed by atoms with Crippen LogP contribution in [0.4, 0.5) is 0 Å². The standard InChI is InChI=1S/C12H27N/c1-10(2)7-11(3,4)8-12(5,6)9-13/h10H,7-9,13H2,1-6H3. The first-order chi connectivity index (χ1) is 5.68. The van der Waals surface area contributed by atoms with Crippen molar-refractivity contribution in [3.05, 3.63) is 0 Å². The van der Waals surface area contributed by atoms with E-state index in [2.05, 4.69) is 41.5 Å². The van der Waals surface area contributed by atoms with Crippen LogP contribution in [-0.4, -0.2) is 6.54 Å². The Hall–Kier alpha value is -0.0400. The number of rotatable bonds is 5.